The fourth-order valence-corrected chi connectivity index (χ4v) is 2.02. The van der Waals surface area contributed by atoms with Gasteiger partial charge in [0, 0.05) is 14.2 Å². The Morgan fingerprint density at radius 3 is 2.18 bits per heavy atom. The summed E-state index contributed by atoms with van der Waals surface area (Å²) in [6.07, 6.45) is 3.91. The van der Waals surface area contributed by atoms with Gasteiger partial charge in [0.1, 0.15) is 0 Å². The summed E-state index contributed by atoms with van der Waals surface area (Å²) in [5.74, 6) is 1.38. The Labute approximate surface area is 69.4 Å². The first-order valence-electron chi connectivity index (χ1n) is 4.35. The molecule has 0 N–H and O–H groups in total. The average molecular weight is 156 g/mol. The molecule has 0 heterocycles. The van der Waals surface area contributed by atoms with Crippen molar-refractivity contribution in [1.82, 2.24) is 0 Å². The molecule has 0 aromatic rings. The van der Waals surface area contributed by atoms with Gasteiger partial charge in [0.25, 0.3) is 0 Å². The lowest BCUT2D eigenvalue weighted by Gasteiger charge is -2.19. The van der Waals surface area contributed by atoms with Gasteiger partial charge in [-0.25, -0.2) is 0 Å². The molecule has 0 amide bonds. The summed E-state index contributed by atoms with van der Waals surface area (Å²) in [6.45, 7) is 2.28. The Bertz CT molecular complexity index is 115. The van der Waals surface area contributed by atoms with Crippen LogP contribution in [0.2, 0.25) is 5.82 Å². The van der Waals surface area contributed by atoms with Crippen LogP contribution in [0.4, 0.5) is 0 Å². The third kappa shape index (κ3) is 1.97. The summed E-state index contributed by atoms with van der Waals surface area (Å²) in [7, 11) is 3.46. The van der Waals surface area contributed by atoms with Gasteiger partial charge in [0.15, 0.2) is 0 Å². The van der Waals surface area contributed by atoms with E-state index in [1.807, 2.05) is 0 Å². The van der Waals surface area contributed by atoms with Crippen molar-refractivity contribution >= 4 is 7.12 Å². The average Bonchev–Trinajstić information content (AvgIpc) is 2.40. The fourth-order valence-electron chi connectivity index (χ4n) is 2.02. The lowest BCUT2D eigenvalue weighted by atomic mass is 9.67. The highest BCUT2D eigenvalue weighted by Crippen LogP contribution is 2.38. The second-order valence-corrected chi connectivity index (χ2v) is 3.41. The van der Waals surface area contributed by atoms with Crippen molar-refractivity contribution in [3.8, 4) is 0 Å². The van der Waals surface area contributed by atoms with Crippen molar-refractivity contribution < 1.29 is 9.31 Å². The first-order chi connectivity index (χ1) is 5.29. The third-order valence-electron chi connectivity index (χ3n) is 2.74. The Balaban J connectivity index is 2.43. The van der Waals surface area contributed by atoms with Gasteiger partial charge in [-0.3, -0.25) is 0 Å². The molecule has 1 aliphatic carbocycles. The van der Waals surface area contributed by atoms with E-state index in [9.17, 15) is 0 Å². The van der Waals surface area contributed by atoms with E-state index in [-0.39, 0.29) is 7.12 Å². The van der Waals surface area contributed by atoms with Crippen LogP contribution in [0.15, 0.2) is 0 Å². The molecule has 3 heteroatoms. The molecule has 0 spiro atoms. The van der Waals surface area contributed by atoms with E-state index in [2.05, 4.69) is 6.92 Å². The minimum Gasteiger partial charge on any atom is -0.414 e. The molecule has 2 nitrogen and oxygen atoms in total. The highest BCUT2D eigenvalue weighted by Gasteiger charge is 2.35. The van der Waals surface area contributed by atoms with Crippen LogP contribution >= 0.6 is 0 Å². The highest BCUT2D eigenvalue weighted by molar-refractivity contribution is 6.46. The van der Waals surface area contributed by atoms with E-state index < -0.39 is 0 Å². The molecule has 0 aromatic heterocycles. The molecule has 64 valence electrons. The van der Waals surface area contributed by atoms with Crippen molar-refractivity contribution in [1.29, 1.82) is 0 Å². The van der Waals surface area contributed by atoms with Crippen LogP contribution in [0.1, 0.15) is 26.2 Å². The van der Waals surface area contributed by atoms with Crippen molar-refractivity contribution in [2.24, 2.45) is 5.92 Å². The zero-order valence-electron chi connectivity index (χ0n) is 7.67. The molecule has 11 heavy (non-hydrogen) atoms. The Morgan fingerprint density at radius 1 is 1.18 bits per heavy atom. The molecule has 0 bridgehead atoms. The van der Waals surface area contributed by atoms with Gasteiger partial charge in [-0.1, -0.05) is 26.2 Å². The molecular formula is C8H17BO2. The minimum absolute atomic E-state index is 0.0208. The summed E-state index contributed by atoms with van der Waals surface area (Å²) < 4.78 is 10.5. The van der Waals surface area contributed by atoms with E-state index >= 15 is 0 Å². The van der Waals surface area contributed by atoms with Crippen LogP contribution in [-0.2, 0) is 9.31 Å². The van der Waals surface area contributed by atoms with Crippen molar-refractivity contribution in [2.45, 2.75) is 32.0 Å². The molecule has 0 aromatic carbocycles. The van der Waals surface area contributed by atoms with Gasteiger partial charge < -0.3 is 9.31 Å². The molecule has 1 rings (SSSR count). The molecule has 0 saturated heterocycles. The van der Waals surface area contributed by atoms with E-state index in [1.54, 1.807) is 14.2 Å². The van der Waals surface area contributed by atoms with Gasteiger partial charge in [0.05, 0.1) is 0 Å². The molecule has 2 atom stereocenters. The summed E-state index contributed by atoms with van der Waals surface area (Å²) in [4.78, 5) is 0. The van der Waals surface area contributed by atoms with Crippen LogP contribution in [0.5, 0.6) is 0 Å². The molecule has 1 fully saturated rings. The van der Waals surface area contributed by atoms with Crippen molar-refractivity contribution in [3.05, 3.63) is 0 Å². The first-order valence-corrected chi connectivity index (χ1v) is 4.35. The summed E-state index contributed by atoms with van der Waals surface area (Å²) in [5, 5.41) is 0. The van der Waals surface area contributed by atoms with Crippen LogP contribution in [0, 0.1) is 5.92 Å². The maximum absolute atomic E-state index is 5.23. The van der Waals surface area contributed by atoms with Gasteiger partial charge in [-0.2, -0.15) is 0 Å². The summed E-state index contributed by atoms with van der Waals surface area (Å²) in [5.41, 5.74) is 0. The van der Waals surface area contributed by atoms with Gasteiger partial charge in [-0.05, 0) is 11.7 Å². The predicted molar refractivity (Wildman–Crippen MR) is 46.5 cm³/mol. The smallest absolute Gasteiger partial charge is 0.414 e. The predicted octanol–water partition coefficient (Wildman–Crippen LogP) is 1.96. The standard InChI is InChI=1S/C8H17BO2/c1-7-5-4-6-8(7)9(10-2)11-3/h7-8H,4-6H2,1-3H3. The van der Waals surface area contributed by atoms with Gasteiger partial charge in [-0.15, -0.1) is 0 Å². The van der Waals surface area contributed by atoms with Gasteiger partial charge >= 0.3 is 7.12 Å². The molecule has 0 radical (unpaired) electrons. The maximum atomic E-state index is 5.23. The highest BCUT2D eigenvalue weighted by atomic mass is 16.6. The Kier molecular flexibility index (Phi) is 3.40. The van der Waals surface area contributed by atoms with E-state index in [4.69, 9.17) is 9.31 Å². The summed E-state index contributed by atoms with van der Waals surface area (Å²) >= 11 is 0. The zero-order valence-corrected chi connectivity index (χ0v) is 7.67. The summed E-state index contributed by atoms with van der Waals surface area (Å²) in [6, 6.07) is 0. The molecule has 1 aliphatic rings. The lowest BCUT2D eigenvalue weighted by molar-refractivity contribution is 0.257. The van der Waals surface area contributed by atoms with Crippen LogP contribution in [-0.4, -0.2) is 21.3 Å². The van der Waals surface area contributed by atoms with Crippen LogP contribution in [0.3, 0.4) is 0 Å². The van der Waals surface area contributed by atoms with Crippen molar-refractivity contribution in [2.75, 3.05) is 14.2 Å². The van der Waals surface area contributed by atoms with E-state index in [0.717, 1.165) is 5.92 Å². The number of hydrogen-bond donors (Lipinski definition) is 0. The molecule has 1 saturated carbocycles. The largest absolute Gasteiger partial charge is 0.460 e. The normalized spacial score (nSPS) is 30.8. The second-order valence-electron chi connectivity index (χ2n) is 3.41. The molecule has 0 aliphatic heterocycles. The number of rotatable bonds is 3. The first kappa shape index (κ1) is 9.08. The van der Waals surface area contributed by atoms with E-state index in [0.29, 0.717) is 5.82 Å². The van der Waals surface area contributed by atoms with Gasteiger partial charge in [0.2, 0.25) is 0 Å². The Hall–Kier alpha value is -0.0151. The monoisotopic (exact) mass is 156 g/mol. The lowest BCUT2D eigenvalue weighted by Crippen LogP contribution is -2.27. The van der Waals surface area contributed by atoms with Crippen LogP contribution in [0.25, 0.3) is 0 Å². The Morgan fingerprint density at radius 2 is 1.82 bits per heavy atom. The molecule has 2 unspecified atom stereocenters. The maximum Gasteiger partial charge on any atom is 0.460 e. The number of hydrogen-bond acceptors (Lipinski definition) is 2. The fraction of sp³-hybridized carbons (Fsp3) is 1.00. The molecular weight excluding hydrogens is 139 g/mol. The van der Waals surface area contributed by atoms with Crippen LogP contribution < -0.4 is 0 Å². The minimum atomic E-state index is 0.0208. The topological polar surface area (TPSA) is 18.5 Å². The van der Waals surface area contributed by atoms with E-state index in [1.165, 1.54) is 19.3 Å². The third-order valence-corrected chi connectivity index (χ3v) is 2.74. The quantitative estimate of drug-likeness (QED) is 0.581. The van der Waals surface area contributed by atoms with Crippen molar-refractivity contribution in [3.63, 3.8) is 0 Å². The zero-order chi connectivity index (χ0) is 8.27. The SMILES string of the molecule is COB(OC)C1CCCC1C. The second kappa shape index (κ2) is 4.12.